The zero-order valence-corrected chi connectivity index (χ0v) is 5.40. The molecule has 2 nitrogen and oxygen atoms in total. The van der Waals surface area contributed by atoms with Crippen LogP contribution in [0.25, 0.3) is 0 Å². The third kappa shape index (κ3) is 1.87. The molecule has 1 N–H and O–H groups in total. The van der Waals surface area contributed by atoms with E-state index in [2.05, 4.69) is 4.74 Å². The van der Waals surface area contributed by atoms with Crippen LogP contribution in [0.2, 0.25) is 0 Å². The minimum atomic E-state index is -2.65. The molecule has 0 amide bonds. The summed E-state index contributed by atoms with van der Waals surface area (Å²) in [4.78, 5) is 0. The van der Waals surface area contributed by atoms with Gasteiger partial charge in [0.2, 0.25) is 0 Å². The molecule has 4 heteroatoms. The van der Waals surface area contributed by atoms with Crippen molar-refractivity contribution in [3.05, 3.63) is 0 Å². The summed E-state index contributed by atoms with van der Waals surface area (Å²) in [5.74, 6) is 0. The molecule has 0 aliphatic carbocycles. The van der Waals surface area contributed by atoms with Crippen LogP contribution in [0.5, 0.6) is 0 Å². The van der Waals surface area contributed by atoms with E-state index in [0.29, 0.717) is 0 Å². The van der Waals surface area contributed by atoms with Gasteiger partial charge in [0.05, 0.1) is 6.61 Å². The summed E-state index contributed by atoms with van der Waals surface area (Å²) in [6.07, 6.45) is -2.65. The van der Waals surface area contributed by atoms with Gasteiger partial charge in [0.25, 0.3) is 6.43 Å². The predicted molar refractivity (Wildman–Crippen MR) is 28.5 cm³/mol. The maximum absolute atomic E-state index is 11.8. The van der Waals surface area contributed by atoms with Gasteiger partial charge in [-0.2, -0.15) is 0 Å². The van der Waals surface area contributed by atoms with Crippen molar-refractivity contribution in [3.8, 4) is 0 Å². The van der Waals surface area contributed by atoms with E-state index in [1.807, 2.05) is 0 Å². The highest BCUT2D eigenvalue weighted by Gasteiger charge is 2.33. The number of hydrogen-bond donors (Lipinski definition) is 1. The number of aliphatic hydroxyl groups is 1. The third-order valence-corrected chi connectivity index (χ3v) is 1.24. The Hall–Kier alpha value is -0.220. The molecule has 1 atom stereocenters. The molecule has 0 saturated carbocycles. The van der Waals surface area contributed by atoms with Crippen molar-refractivity contribution < 1.29 is 18.6 Å². The van der Waals surface area contributed by atoms with Crippen LogP contribution in [0, 0.1) is 0 Å². The molecule has 0 saturated heterocycles. The molecule has 56 valence electrons. The van der Waals surface area contributed by atoms with Gasteiger partial charge in [-0.05, 0) is 6.92 Å². The normalized spacial score (nSPS) is 18.0. The number of ether oxygens (including phenoxy) is 1. The van der Waals surface area contributed by atoms with Crippen LogP contribution >= 0.6 is 0 Å². The second-order valence-corrected chi connectivity index (χ2v) is 1.98. The molecule has 0 aromatic rings. The summed E-state index contributed by atoms with van der Waals surface area (Å²) in [6.45, 7) is 0.485. The van der Waals surface area contributed by atoms with E-state index in [9.17, 15) is 8.78 Å². The van der Waals surface area contributed by atoms with Gasteiger partial charge in [0.15, 0.2) is 0 Å². The molecule has 0 aromatic carbocycles. The Morgan fingerprint density at radius 3 is 2.11 bits per heavy atom. The first-order chi connectivity index (χ1) is 4.06. The number of halogens is 2. The highest BCUT2D eigenvalue weighted by atomic mass is 19.3. The maximum atomic E-state index is 11.8. The van der Waals surface area contributed by atoms with Crippen LogP contribution < -0.4 is 0 Å². The summed E-state index contributed by atoms with van der Waals surface area (Å²) < 4.78 is 27.9. The number of methoxy groups -OCH3 is 1. The SMILES string of the molecule is COC(C)(CO)C(F)F. The zero-order valence-electron chi connectivity index (χ0n) is 5.40. The second kappa shape index (κ2) is 3.08. The Labute approximate surface area is 52.4 Å². The van der Waals surface area contributed by atoms with E-state index < -0.39 is 18.6 Å². The Bertz CT molecular complexity index is 81.0. The first-order valence-corrected chi connectivity index (χ1v) is 2.51. The van der Waals surface area contributed by atoms with Gasteiger partial charge in [-0.1, -0.05) is 0 Å². The molecule has 0 radical (unpaired) electrons. The average molecular weight is 140 g/mol. The van der Waals surface area contributed by atoms with Crippen molar-refractivity contribution in [2.45, 2.75) is 19.0 Å². The minimum absolute atomic E-state index is 0.666. The molecule has 0 heterocycles. The first kappa shape index (κ1) is 8.78. The number of aliphatic hydroxyl groups excluding tert-OH is 1. The van der Waals surface area contributed by atoms with E-state index in [0.717, 1.165) is 14.0 Å². The molecule has 0 aliphatic rings. The van der Waals surface area contributed by atoms with Crippen molar-refractivity contribution in [2.24, 2.45) is 0 Å². The molecule has 0 aromatic heterocycles. The third-order valence-electron chi connectivity index (χ3n) is 1.24. The van der Waals surface area contributed by atoms with Crippen LogP contribution in [0.3, 0.4) is 0 Å². The van der Waals surface area contributed by atoms with Crippen molar-refractivity contribution in [2.75, 3.05) is 13.7 Å². The molecule has 0 rings (SSSR count). The highest BCUT2D eigenvalue weighted by Crippen LogP contribution is 2.17. The average Bonchev–Trinajstić information content (AvgIpc) is 1.86. The van der Waals surface area contributed by atoms with Crippen molar-refractivity contribution in [1.82, 2.24) is 0 Å². The number of rotatable bonds is 3. The van der Waals surface area contributed by atoms with Gasteiger partial charge in [0.1, 0.15) is 5.60 Å². The topological polar surface area (TPSA) is 29.5 Å². The molecular weight excluding hydrogens is 130 g/mol. The van der Waals surface area contributed by atoms with Crippen molar-refractivity contribution in [3.63, 3.8) is 0 Å². The quantitative estimate of drug-likeness (QED) is 0.623. The molecule has 0 aliphatic heterocycles. The first-order valence-electron chi connectivity index (χ1n) is 2.51. The molecule has 0 fully saturated rings. The van der Waals surface area contributed by atoms with Crippen LogP contribution in [-0.4, -0.2) is 30.8 Å². The minimum Gasteiger partial charge on any atom is -0.393 e. The van der Waals surface area contributed by atoms with Gasteiger partial charge in [-0.3, -0.25) is 0 Å². The summed E-state index contributed by atoms with van der Waals surface area (Å²) in [5, 5.41) is 8.35. The van der Waals surface area contributed by atoms with E-state index in [1.54, 1.807) is 0 Å². The fourth-order valence-corrected chi connectivity index (χ4v) is 0.223. The highest BCUT2D eigenvalue weighted by molar-refractivity contribution is 4.75. The van der Waals surface area contributed by atoms with E-state index in [1.165, 1.54) is 0 Å². The molecule has 0 bridgehead atoms. The van der Waals surface area contributed by atoms with Gasteiger partial charge >= 0.3 is 0 Å². The molecule has 0 spiro atoms. The van der Waals surface area contributed by atoms with E-state index in [4.69, 9.17) is 5.11 Å². The summed E-state index contributed by atoms with van der Waals surface area (Å²) >= 11 is 0. The smallest absolute Gasteiger partial charge is 0.269 e. The molecule has 9 heavy (non-hydrogen) atoms. The largest absolute Gasteiger partial charge is 0.393 e. The number of alkyl halides is 2. The summed E-state index contributed by atoms with van der Waals surface area (Å²) in [7, 11) is 1.14. The predicted octanol–water partition coefficient (Wildman–Crippen LogP) is 0.649. The standard InChI is InChI=1S/C5H10F2O2/c1-5(3-8,9-2)4(6)7/h4,8H,3H2,1-2H3. The lowest BCUT2D eigenvalue weighted by atomic mass is 10.1. The zero-order chi connectivity index (χ0) is 7.49. The Kier molecular flexibility index (Phi) is 3.00. The monoisotopic (exact) mass is 140 g/mol. The van der Waals surface area contributed by atoms with Crippen molar-refractivity contribution >= 4 is 0 Å². The summed E-state index contributed by atoms with van der Waals surface area (Å²) in [6, 6.07) is 0. The van der Waals surface area contributed by atoms with Gasteiger partial charge in [-0.25, -0.2) is 8.78 Å². The van der Waals surface area contributed by atoms with E-state index >= 15 is 0 Å². The summed E-state index contributed by atoms with van der Waals surface area (Å²) in [5.41, 5.74) is -1.69. The van der Waals surface area contributed by atoms with Gasteiger partial charge in [-0.15, -0.1) is 0 Å². The Morgan fingerprint density at radius 1 is 1.67 bits per heavy atom. The fourth-order valence-electron chi connectivity index (χ4n) is 0.223. The van der Waals surface area contributed by atoms with Gasteiger partial charge in [0, 0.05) is 7.11 Å². The Balaban J connectivity index is 3.92. The van der Waals surface area contributed by atoms with Crippen LogP contribution in [0.1, 0.15) is 6.92 Å². The lowest BCUT2D eigenvalue weighted by Crippen LogP contribution is -2.39. The Morgan fingerprint density at radius 2 is 2.11 bits per heavy atom. The molecular formula is C5H10F2O2. The van der Waals surface area contributed by atoms with Crippen LogP contribution in [0.15, 0.2) is 0 Å². The van der Waals surface area contributed by atoms with Gasteiger partial charge < -0.3 is 9.84 Å². The lowest BCUT2D eigenvalue weighted by molar-refractivity contribution is -0.133. The van der Waals surface area contributed by atoms with Crippen molar-refractivity contribution in [1.29, 1.82) is 0 Å². The van der Waals surface area contributed by atoms with Crippen LogP contribution in [0.4, 0.5) is 8.78 Å². The lowest BCUT2D eigenvalue weighted by Gasteiger charge is -2.23. The fraction of sp³-hybridized carbons (Fsp3) is 1.00. The maximum Gasteiger partial charge on any atom is 0.269 e. The van der Waals surface area contributed by atoms with Crippen LogP contribution in [-0.2, 0) is 4.74 Å². The van der Waals surface area contributed by atoms with E-state index in [-0.39, 0.29) is 0 Å². The number of hydrogen-bond acceptors (Lipinski definition) is 2. The molecule has 1 unspecified atom stereocenters. The second-order valence-electron chi connectivity index (χ2n) is 1.98.